The molecule has 1 aliphatic rings. The third kappa shape index (κ3) is 6.09. The summed E-state index contributed by atoms with van der Waals surface area (Å²) in [5, 5.41) is 8.63. The molecule has 2 N–H and O–H groups in total. The summed E-state index contributed by atoms with van der Waals surface area (Å²) < 4.78 is 0. The Bertz CT molecular complexity index is 1000. The lowest BCUT2D eigenvalue weighted by Gasteiger charge is -2.36. The third-order valence-electron chi connectivity index (χ3n) is 5.62. The Morgan fingerprint density at radius 3 is 2.48 bits per heavy atom. The standard InChI is InChI=1S/C24H28ClN5O/c25-21-7-9-22(10-8-21)30-15-13-29(14-16-30)12-4-3-11-26-24(31)28-23-17-19-5-1-2-6-20(19)18-27-23/h1-2,5-10,17-18H,3-4,11-16H2,(H2,26,27,28,31). The number of carbonyl (C=O) groups excluding carboxylic acids is 1. The Morgan fingerprint density at radius 1 is 0.968 bits per heavy atom. The number of pyridine rings is 1. The number of carbonyl (C=O) groups is 1. The molecule has 31 heavy (non-hydrogen) atoms. The predicted molar refractivity (Wildman–Crippen MR) is 128 cm³/mol. The number of amides is 2. The van der Waals surface area contributed by atoms with Gasteiger partial charge in [0, 0.05) is 55.0 Å². The lowest BCUT2D eigenvalue weighted by molar-refractivity contribution is 0.247. The molecule has 0 atom stereocenters. The van der Waals surface area contributed by atoms with Crippen molar-refractivity contribution in [1.29, 1.82) is 0 Å². The molecule has 2 heterocycles. The quantitative estimate of drug-likeness (QED) is 0.530. The van der Waals surface area contributed by atoms with Crippen LogP contribution in [0.15, 0.2) is 60.8 Å². The Kier molecular flexibility index (Phi) is 7.22. The van der Waals surface area contributed by atoms with Crippen LogP contribution >= 0.6 is 11.6 Å². The van der Waals surface area contributed by atoms with Crippen molar-refractivity contribution < 1.29 is 4.79 Å². The van der Waals surface area contributed by atoms with Crippen molar-refractivity contribution in [3.05, 3.63) is 65.8 Å². The molecule has 6 nitrogen and oxygen atoms in total. The summed E-state index contributed by atoms with van der Waals surface area (Å²) in [7, 11) is 0. The van der Waals surface area contributed by atoms with Gasteiger partial charge in [0.2, 0.25) is 0 Å². The number of anilines is 2. The number of benzene rings is 2. The highest BCUT2D eigenvalue weighted by Gasteiger charge is 2.16. The molecule has 3 aromatic rings. The minimum atomic E-state index is -0.209. The van der Waals surface area contributed by atoms with Gasteiger partial charge in [-0.25, -0.2) is 9.78 Å². The Morgan fingerprint density at radius 2 is 1.71 bits per heavy atom. The highest BCUT2D eigenvalue weighted by molar-refractivity contribution is 6.30. The topological polar surface area (TPSA) is 60.5 Å². The highest BCUT2D eigenvalue weighted by Crippen LogP contribution is 2.19. The first-order chi connectivity index (χ1) is 15.2. The normalized spacial score (nSPS) is 14.5. The molecular formula is C24H28ClN5O. The lowest BCUT2D eigenvalue weighted by atomic mass is 10.2. The molecule has 0 spiro atoms. The monoisotopic (exact) mass is 437 g/mol. The molecule has 1 saturated heterocycles. The fraction of sp³-hybridized carbons (Fsp3) is 0.333. The fourth-order valence-electron chi connectivity index (χ4n) is 3.86. The zero-order valence-corrected chi connectivity index (χ0v) is 18.3. The number of aromatic nitrogens is 1. The Labute approximate surface area is 188 Å². The SMILES string of the molecule is O=C(NCCCCN1CCN(c2ccc(Cl)cc2)CC1)Nc1cc2ccccc2cn1. The number of piperazine rings is 1. The van der Waals surface area contributed by atoms with E-state index in [9.17, 15) is 4.79 Å². The average molecular weight is 438 g/mol. The largest absolute Gasteiger partial charge is 0.369 e. The molecule has 0 radical (unpaired) electrons. The van der Waals surface area contributed by atoms with Crippen LogP contribution in [0.4, 0.5) is 16.3 Å². The van der Waals surface area contributed by atoms with Crippen molar-refractivity contribution in [3.63, 3.8) is 0 Å². The van der Waals surface area contributed by atoms with Crippen molar-refractivity contribution in [2.24, 2.45) is 0 Å². The van der Waals surface area contributed by atoms with Gasteiger partial charge in [0.15, 0.2) is 0 Å². The molecule has 162 valence electrons. The van der Waals surface area contributed by atoms with Crippen molar-refractivity contribution >= 4 is 39.9 Å². The summed E-state index contributed by atoms with van der Waals surface area (Å²) in [6.45, 7) is 5.89. The molecule has 0 unspecified atom stereocenters. The van der Waals surface area contributed by atoms with E-state index in [1.165, 1.54) is 5.69 Å². The van der Waals surface area contributed by atoms with Crippen molar-refractivity contribution in [1.82, 2.24) is 15.2 Å². The van der Waals surface area contributed by atoms with Crippen LogP contribution in [0.5, 0.6) is 0 Å². The van der Waals surface area contributed by atoms with E-state index >= 15 is 0 Å². The maximum atomic E-state index is 12.1. The number of nitrogens with one attached hydrogen (secondary N) is 2. The number of hydrogen-bond acceptors (Lipinski definition) is 4. The van der Waals surface area contributed by atoms with E-state index < -0.39 is 0 Å². The molecule has 4 rings (SSSR count). The van der Waals surface area contributed by atoms with Crippen LogP contribution in [0, 0.1) is 0 Å². The zero-order chi connectivity index (χ0) is 21.5. The first-order valence-corrected chi connectivity index (χ1v) is 11.2. The number of halogens is 1. The molecule has 0 bridgehead atoms. The molecule has 2 aromatic carbocycles. The summed E-state index contributed by atoms with van der Waals surface area (Å²) in [5.41, 5.74) is 1.24. The summed E-state index contributed by atoms with van der Waals surface area (Å²) in [6, 6.07) is 17.7. The molecule has 1 aromatic heterocycles. The maximum absolute atomic E-state index is 12.1. The van der Waals surface area contributed by atoms with Crippen LogP contribution in [0.3, 0.4) is 0 Å². The van der Waals surface area contributed by atoms with Crippen LogP contribution in [0.2, 0.25) is 5.02 Å². The van der Waals surface area contributed by atoms with Crippen molar-refractivity contribution in [3.8, 4) is 0 Å². The summed E-state index contributed by atoms with van der Waals surface area (Å²) in [6.07, 6.45) is 3.79. The van der Waals surface area contributed by atoms with Gasteiger partial charge in [0.1, 0.15) is 5.82 Å². The number of urea groups is 1. The van der Waals surface area contributed by atoms with Gasteiger partial charge < -0.3 is 10.2 Å². The molecule has 1 fully saturated rings. The van der Waals surface area contributed by atoms with Crippen molar-refractivity contribution in [2.45, 2.75) is 12.8 Å². The number of fused-ring (bicyclic) bond motifs is 1. The van der Waals surface area contributed by atoms with E-state index in [2.05, 4.69) is 37.6 Å². The van der Waals surface area contributed by atoms with Gasteiger partial charge in [-0.3, -0.25) is 10.2 Å². The number of rotatable bonds is 7. The maximum Gasteiger partial charge on any atom is 0.320 e. The van der Waals surface area contributed by atoms with E-state index in [1.807, 2.05) is 42.5 Å². The van der Waals surface area contributed by atoms with Gasteiger partial charge in [0.25, 0.3) is 0 Å². The average Bonchev–Trinajstić information content (AvgIpc) is 2.80. The third-order valence-corrected chi connectivity index (χ3v) is 5.88. The smallest absolute Gasteiger partial charge is 0.320 e. The first-order valence-electron chi connectivity index (χ1n) is 10.8. The van der Waals surface area contributed by atoms with E-state index in [0.717, 1.165) is 61.4 Å². The van der Waals surface area contributed by atoms with Gasteiger partial charge in [-0.15, -0.1) is 0 Å². The second-order valence-electron chi connectivity index (χ2n) is 7.81. The first kappa shape index (κ1) is 21.4. The van der Waals surface area contributed by atoms with E-state index in [-0.39, 0.29) is 6.03 Å². The van der Waals surface area contributed by atoms with Gasteiger partial charge in [-0.2, -0.15) is 0 Å². The van der Waals surface area contributed by atoms with Gasteiger partial charge in [-0.1, -0.05) is 35.9 Å². The van der Waals surface area contributed by atoms with Crippen LogP contribution < -0.4 is 15.5 Å². The summed E-state index contributed by atoms with van der Waals surface area (Å²) in [5.74, 6) is 0.565. The number of unbranched alkanes of at least 4 members (excludes halogenated alkanes) is 1. The lowest BCUT2D eigenvalue weighted by Crippen LogP contribution is -2.46. The summed E-state index contributed by atoms with van der Waals surface area (Å²) in [4.78, 5) is 21.3. The second kappa shape index (κ2) is 10.5. The van der Waals surface area contributed by atoms with Crippen LogP contribution in [-0.2, 0) is 0 Å². The summed E-state index contributed by atoms with van der Waals surface area (Å²) >= 11 is 5.98. The van der Waals surface area contributed by atoms with Crippen molar-refractivity contribution in [2.75, 3.05) is 49.5 Å². The predicted octanol–water partition coefficient (Wildman–Crippen LogP) is 4.61. The van der Waals surface area contributed by atoms with Crippen LogP contribution in [-0.4, -0.2) is 55.2 Å². The van der Waals surface area contributed by atoms with E-state index in [4.69, 9.17) is 11.6 Å². The fourth-order valence-corrected chi connectivity index (χ4v) is 3.98. The molecule has 2 amide bonds. The minimum absolute atomic E-state index is 0.209. The van der Waals surface area contributed by atoms with Gasteiger partial charge >= 0.3 is 6.03 Å². The molecule has 7 heteroatoms. The number of nitrogens with zero attached hydrogens (tertiary/aromatic N) is 3. The molecule has 0 saturated carbocycles. The van der Waals surface area contributed by atoms with Gasteiger partial charge in [0.05, 0.1) is 0 Å². The second-order valence-corrected chi connectivity index (χ2v) is 8.25. The Hall–Kier alpha value is -2.83. The number of hydrogen-bond donors (Lipinski definition) is 2. The van der Waals surface area contributed by atoms with E-state index in [0.29, 0.717) is 12.4 Å². The highest BCUT2D eigenvalue weighted by atomic mass is 35.5. The molecule has 0 aliphatic carbocycles. The minimum Gasteiger partial charge on any atom is -0.369 e. The molecule has 1 aliphatic heterocycles. The van der Waals surface area contributed by atoms with E-state index in [1.54, 1.807) is 6.20 Å². The van der Waals surface area contributed by atoms with Crippen LogP contribution in [0.1, 0.15) is 12.8 Å². The zero-order valence-electron chi connectivity index (χ0n) is 17.6. The molecular weight excluding hydrogens is 410 g/mol. The Balaban J connectivity index is 1.11. The van der Waals surface area contributed by atoms with Crippen LogP contribution in [0.25, 0.3) is 10.8 Å². The van der Waals surface area contributed by atoms with Gasteiger partial charge in [-0.05, 0) is 55.1 Å².